The number of rotatable bonds is 7. The van der Waals surface area contributed by atoms with E-state index in [0.29, 0.717) is 5.69 Å². The summed E-state index contributed by atoms with van der Waals surface area (Å²) >= 11 is 0. The van der Waals surface area contributed by atoms with Crippen molar-refractivity contribution >= 4 is 35.0 Å². The molecule has 0 aromatic heterocycles. The molecule has 4 N–H and O–H groups in total. The quantitative estimate of drug-likeness (QED) is 0.271. The number of ether oxygens (including phenoxy) is 1. The van der Waals surface area contributed by atoms with E-state index in [4.69, 9.17) is 4.74 Å². The fourth-order valence-electron chi connectivity index (χ4n) is 4.68. The summed E-state index contributed by atoms with van der Waals surface area (Å²) in [5.74, 6) is -0.681. The molecule has 5 amide bonds. The number of aliphatic hydroxyl groups excluding tert-OH is 1. The number of hydrogen-bond donors (Lipinski definition) is 4. The van der Waals surface area contributed by atoms with Crippen molar-refractivity contribution in [1.29, 1.82) is 0 Å². The van der Waals surface area contributed by atoms with Crippen molar-refractivity contribution in [2.24, 2.45) is 5.92 Å². The Morgan fingerprint density at radius 1 is 1.00 bits per heavy atom. The van der Waals surface area contributed by atoms with Crippen molar-refractivity contribution in [3.8, 4) is 5.75 Å². The summed E-state index contributed by atoms with van der Waals surface area (Å²) in [6.45, 7) is 3.62. The Bertz CT molecular complexity index is 1470. The predicted octanol–water partition coefficient (Wildman–Crippen LogP) is 5.73. The zero-order valence-electron chi connectivity index (χ0n) is 24.4. The van der Waals surface area contributed by atoms with Crippen LogP contribution in [0.2, 0.25) is 0 Å². The first kappa shape index (κ1) is 32.1. The summed E-state index contributed by atoms with van der Waals surface area (Å²) in [4.78, 5) is 42.5. The highest BCUT2D eigenvalue weighted by Crippen LogP contribution is 2.35. The molecule has 1 aliphatic heterocycles. The third-order valence-corrected chi connectivity index (χ3v) is 7.24. The van der Waals surface area contributed by atoms with Crippen molar-refractivity contribution in [1.82, 2.24) is 9.80 Å². The van der Waals surface area contributed by atoms with Crippen LogP contribution in [0.5, 0.6) is 5.75 Å². The van der Waals surface area contributed by atoms with Gasteiger partial charge in [-0.15, -0.1) is 0 Å². The number of nitrogens with one attached hydrogen (secondary N) is 3. The van der Waals surface area contributed by atoms with Crippen LogP contribution in [0.3, 0.4) is 0 Å². The van der Waals surface area contributed by atoms with Crippen molar-refractivity contribution in [3.63, 3.8) is 0 Å². The van der Waals surface area contributed by atoms with Gasteiger partial charge in [-0.2, -0.15) is 13.2 Å². The van der Waals surface area contributed by atoms with Crippen LogP contribution < -0.4 is 20.7 Å². The molecule has 0 unspecified atom stereocenters. The molecule has 4 rings (SSSR count). The highest BCUT2D eigenvalue weighted by atomic mass is 19.4. The van der Waals surface area contributed by atoms with Gasteiger partial charge in [0.15, 0.2) is 5.75 Å². The van der Waals surface area contributed by atoms with E-state index in [-0.39, 0.29) is 54.3 Å². The number of hydrogen-bond acceptors (Lipinski definition) is 5. The molecule has 0 saturated carbocycles. The Balaban J connectivity index is 1.60. The Hall–Kier alpha value is -4.78. The number of aliphatic hydroxyl groups is 1. The first-order valence-corrected chi connectivity index (χ1v) is 13.9. The number of halogens is 3. The topological polar surface area (TPSA) is 123 Å². The van der Waals surface area contributed by atoms with Crippen LogP contribution in [0.1, 0.15) is 29.8 Å². The van der Waals surface area contributed by atoms with Crippen molar-refractivity contribution in [2.45, 2.75) is 32.2 Å². The molecule has 0 bridgehead atoms. The molecule has 3 atom stereocenters. The number of anilines is 3. The van der Waals surface area contributed by atoms with E-state index < -0.39 is 35.8 Å². The van der Waals surface area contributed by atoms with Gasteiger partial charge in [0.2, 0.25) is 0 Å². The van der Waals surface area contributed by atoms with Crippen molar-refractivity contribution in [2.75, 3.05) is 42.7 Å². The Morgan fingerprint density at radius 2 is 1.66 bits per heavy atom. The zero-order valence-corrected chi connectivity index (χ0v) is 24.4. The van der Waals surface area contributed by atoms with Crippen LogP contribution in [0.4, 0.5) is 39.8 Å². The van der Waals surface area contributed by atoms with E-state index in [1.807, 2.05) is 13.0 Å². The van der Waals surface area contributed by atoms with Gasteiger partial charge in [-0.05, 0) is 55.5 Å². The number of fused-ring (bicyclic) bond motifs is 1. The summed E-state index contributed by atoms with van der Waals surface area (Å²) in [5, 5.41) is 17.8. The molecule has 44 heavy (non-hydrogen) atoms. The van der Waals surface area contributed by atoms with Gasteiger partial charge < -0.3 is 35.6 Å². The van der Waals surface area contributed by atoms with Crippen LogP contribution in [0.25, 0.3) is 0 Å². The zero-order chi connectivity index (χ0) is 32.0. The monoisotopic (exact) mass is 613 g/mol. The number of likely N-dealkylation sites (N-methyl/N-ethyl adjacent to an activating group) is 1. The number of nitrogens with zero attached hydrogens (tertiary/aromatic N) is 2. The number of alkyl halides is 3. The third kappa shape index (κ3) is 7.78. The van der Waals surface area contributed by atoms with E-state index in [1.165, 1.54) is 21.9 Å². The number of urea groups is 2. The SMILES string of the molecule is C[C@@H]1CN([C@H](C)CO)C(=O)c2cccc(NC(=O)Nc3ccc(C(F)(F)F)cc3)c2O[C@@H]1CN(C)C(=O)Nc1ccccc1. The van der Waals surface area contributed by atoms with E-state index in [1.54, 1.807) is 44.3 Å². The van der Waals surface area contributed by atoms with Crippen LogP contribution in [-0.4, -0.2) is 71.8 Å². The molecule has 10 nitrogen and oxygen atoms in total. The molecule has 13 heteroatoms. The first-order valence-electron chi connectivity index (χ1n) is 13.9. The first-order chi connectivity index (χ1) is 20.9. The van der Waals surface area contributed by atoms with Crippen molar-refractivity contribution in [3.05, 3.63) is 83.9 Å². The van der Waals surface area contributed by atoms with Crippen molar-refractivity contribution < 1.29 is 37.4 Å². The summed E-state index contributed by atoms with van der Waals surface area (Å²) in [6, 6.07) is 15.8. The molecular formula is C31H34F3N5O5. The minimum absolute atomic E-state index is 0.0589. The molecule has 3 aromatic rings. The van der Waals surface area contributed by atoms with E-state index in [0.717, 1.165) is 24.3 Å². The highest BCUT2D eigenvalue weighted by molar-refractivity contribution is 6.04. The van der Waals surface area contributed by atoms with Crippen LogP contribution in [0.15, 0.2) is 72.8 Å². The lowest BCUT2D eigenvalue weighted by Crippen LogP contribution is -2.50. The lowest BCUT2D eigenvalue weighted by atomic mass is 9.99. The molecule has 3 aromatic carbocycles. The fraction of sp³-hybridized carbons (Fsp3) is 0.323. The number of carbonyl (C=O) groups excluding carboxylic acids is 3. The maximum absolute atomic E-state index is 13.7. The van der Waals surface area contributed by atoms with Gasteiger partial charge in [-0.25, -0.2) is 9.59 Å². The Labute approximate surface area is 252 Å². The normalized spacial score (nSPS) is 17.3. The number of para-hydroxylation sites is 2. The highest BCUT2D eigenvalue weighted by Gasteiger charge is 2.35. The summed E-state index contributed by atoms with van der Waals surface area (Å²) < 4.78 is 45.2. The number of amides is 5. The molecule has 1 aliphatic rings. The largest absolute Gasteiger partial charge is 0.485 e. The lowest BCUT2D eigenvalue weighted by Gasteiger charge is -2.38. The van der Waals surface area contributed by atoms with E-state index in [2.05, 4.69) is 16.0 Å². The molecular weight excluding hydrogens is 579 g/mol. The molecule has 0 spiro atoms. The van der Waals surface area contributed by atoms with Gasteiger partial charge in [0.1, 0.15) is 6.10 Å². The summed E-state index contributed by atoms with van der Waals surface area (Å²) in [5.41, 5.74) is 0.134. The van der Waals surface area contributed by atoms with Gasteiger partial charge in [-0.3, -0.25) is 4.79 Å². The average molecular weight is 614 g/mol. The Kier molecular flexibility index (Phi) is 9.99. The smallest absolute Gasteiger partial charge is 0.416 e. The number of benzene rings is 3. The standard InChI is InChI=1S/C31H34F3N5O5/c1-19-16-39(20(2)18-40)28(41)24-10-7-11-25(37-29(42)35-23-14-12-21(13-15-23)31(32,33)34)27(24)44-26(19)17-38(3)30(43)36-22-8-5-4-6-9-22/h4-15,19-20,26,40H,16-18H2,1-3H3,(H,36,43)(H2,35,37,42)/t19-,20-,26-/m1/s1. The maximum Gasteiger partial charge on any atom is 0.416 e. The van der Waals surface area contributed by atoms with Gasteiger partial charge in [0.05, 0.1) is 36.0 Å². The average Bonchev–Trinajstić information content (AvgIpc) is 2.99. The summed E-state index contributed by atoms with van der Waals surface area (Å²) in [7, 11) is 1.61. The van der Waals surface area contributed by atoms with Gasteiger partial charge in [0, 0.05) is 30.9 Å². The minimum atomic E-state index is -4.52. The molecule has 0 radical (unpaired) electrons. The second-order valence-corrected chi connectivity index (χ2v) is 10.6. The molecule has 0 aliphatic carbocycles. The van der Waals surface area contributed by atoms with E-state index in [9.17, 15) is 32.7 Å². The molecule has 0 fully saturated rings. The van der Waals surface area contributed by atoms with Crippen LogP contribution in [-0.2, 0) is 6.18 Å². The second kappa shape index (κ2) is 13.7. The Morgan fingerprint density at radius 3 is 2.30 bits per heavy atom. The fourth-order valence-corrected chi connectivity index (χ4v) is 4.68. The second-order valence-electron chi connectivity index (χ2n) is 10.6. The lowest BCUT2D eigenvalue weighted by molar-refractivity contribution is -0.137. The van der Waals surface area contributed by atoms with E-state index >= 15 is 0 Å². The third-order valence-electron chi connectivity index (χ3n) is 7.24. The van der Waals surface area contributed by atoms with Gasteiger partial charge in [0.25, 0.3) is 5.91 Å². The molecule has 234 valence electrons. The number of carbonyl (C=O) groups is 3. The summed E-state index contributed by atoms with van der Waals surface area (Å²) in [6.07, 6.45) is -5.17. The van der Waals surface area contributed by atoms with Gasteiger partial charge in [-0.1, -0.05) is 31.2 Å². The molecule has 0 saturated heterocycles. The minimum Gasteiger partial charge on any atom is -0.485 e. The van der Waals surface area contributed by atoms with Crippen LogP contribution >= 0.6 is 0 Å². The maximum atomic E-state index is 13.7. The predicted molar refractivity (Wildman–Crippen MR) is 160 cm³/mol. The van der Waals surface area contributed by atoms with Gasteiger partial charge >= 0.3 is 18.2 Å². The van der Waals surface area contributed by atoms with Crippen LogP contribution in [0, 0.1) is 5.92 Å². The molecule has 1 heterocycles.